The lowest BCUT2D eigenvalue weighted by atomic mass is 10.1. The molecule has 2 aromatic heterocycles. The summed E-state index contributed by atoms with van der Waals surface area (Å²) in [7, 11) is 1.52. The molecule has 0 atom stereocenters. The van der Waals surface area contributed by atoms with Crippen LogP contribution >= 0.6 is 0 Å². The van der Waals surface area contributed by atoms with Crippen LogP contribution in [0.4, 0.5) is 5.69 Å². The van der Waals surface area contributed by atoms with E-state index in [4.69, 9.17) is 9.47 Å². The summed E-state index contributed by atoms with van der Waals surface area (Å²) < 4.78 is 9.98. The Hall–Kier alpha value is -2.83. The van der Waals surface area contributed by atoms with Crippen LogP contribution in [-0.2, 0) is 4.74 Å². The van der Waals surface area contributed by atoms with Crippen LogP contribution in [0.5, 0.6) is 5.88 Å². The topological polar surface area (TPSA) is 93.3 Å². The minimum Gasteiger partial charge on any atom is -0.481 e. The van der Waals surface area contributed by atoms with Gasteiger partial charge >= 0.3 is 5.97 Å². The molecule has 122 valence electrons. The van der Waals surface area contributed by atoms with Gasteiger partial charge in [-0.2, -0.15) is 0 Å². The fraction of sp³-hybridized carbons (Fsp3) is 0.312. The number of methoxy groups -OCH3 is 1. The lowest BCUT2D eigenvalue weighted by Crippen LogP contribution is -2.14. The summed E-state index contributed by atoms with van der Waals surface area (Å²) in [5.41, 5.74) is 2.39. The predicted octanol–water partition coefficient (Wildman–Crippen LogP) is 2.46. The average Bonchev–Trinajstić information content (AvgIpc) is 2.83. The molecule has 0 aliphatic carbocycles. The second kappa shape index (κ2) is 6.95. The van der Waals surface area contributed by atoms with Gasteiger partial charge in [0.05, 0.1) is 31.2 Å². The number of hydrogen-bond donors (Lipinski definition) is 2. The highest BCUT2D eigenvalue weighted by molar-refractivity contribution is 6.06. The molecular formula is C16H19N3O4. The van der Waals surface area contributed by atoms with Crippen molar-refractivity contribution in [2.45, 2.75) is 20.8 Å². The van der Waals surface area contributed by atoms with Crippen molar-refractivity contribution in [2.75, 3.05) is 19.0 Å². The monoisotopic (exact) mass is 317 g/mol. The van der Waals surface area contributed by atoms with Crippen molar-refractivity contribution in [2.24, 2.45) is 0 Å². The average molecular weight is 317 g/mol. The van der Waals surface area contributed by atoms with Gasteiger partial charge in [-0.1, -0.05) is 0 Å². The Kier molecular flexibility index (Phi) is 5.00. The zero-order valence-corrected chi connectivity index (χ0v) is 13.5. The van der Waals surface area contributed by atoms with Crippen LogP contribution in [0, 0.1) is 13.8 Å². The van der Waals surface area contributed by atoms with Gasteiger partial charge in [-0.15, -0.1) is 0 Å². The van der Waals surface area contributed by atoms with E-state index in [9.17, 15) is 9.59 Å². The van der Waals surface area contributed by atoms with Crippen LogP contribution in [0.2, 0.25) is 0 Å². The molecule has 2 aromatic rings. The molecule has 0 aliphatic rings. The van der Waals surface area contributed by atoms with Gasteiger partial charge in [0.2, 0.25) is 5.88 Å². The third-order valence-electron chi connectivity index (χ3n) is 3.35. The number of aromatic nitrogens is 2. The molecule has 0 radical (unpaired) electrons. The molecule has 0 fully saturated rings. The van der Waals surface area contributed by atoms with Gasteiger partial charge < -0.3 is 19.8 Å². The molecule has 0 aliphatic heterocycles. The number of carbonyl (C=O) groups excluding carboxylic acids is 2. The van der Waals surface area contributed by atoms with E-state index < -0.39 is 5.97 Å². The number of anilines is 1. The lowest BCUT2D eigenvalue weighted by Gasteiger charge is -2.06. The van der Waals surface area contributed by atoms with Crippen molar-refractivity contribution in [1.29, 1.82) is 0 Å². The molecule has 0 unspecified atom stereocenters. The van der Waals surface area contributed by atoms with Crippen LogP contribution in [0.15, 0.2) is 18.3 Å². The maximum Gasteiger partial charge on any atom is 0.340 e. The normalized spacial score (nSPS) is 10.3. The summed E-state index contributed by atoms with van der Waals surface area (Å²) >= 11 is 0. The molecule has 23 heavy (non-hydrogen) atoms. The first kappa shape index (κ1) is 16.5. The van der Waals surface area contributed by atoms with Gasteiger partial charge in [0.1, 0.15) is 5.69 Å². The highest BCUT2D eigenvalue weighted by Crippen LogP contribution is 2.20. The Morgan fingerprint density at radius 3 is 2.61 bits per heavy atom. The molecule has 0 saturated heterocycles. The van der Waals surface area contributed by atoms with Gasteiger partial charge in [0.25, 0.3) is 5.91 Å². The molecule has 0 spiro atoms. The third kappa shape index (κ3) is 3.50. The first-order valence-electron chi connectivity index (χ1n) is 7.15. The summed E-state index contributed by atoms with van der Waals surface area (Å²) in [5, 5.41) is 2.72. The summed E-state index contributed by atoms with van der Waals surface area (Å²) in [5.74, 6) is -0.337. The molecule has 2 heterocycles. The fourth-order valence-corrected chi connectivity index (χ4v) is 2.26. The van der Waals surface area contributed by atoms with Crippen molar-refractivity contribution in [3.05, 3.63) is 40.8 Å². The van der Waals surface area contributed by atoms with E-state index in [0.717, 1.165) is 0 Å². The van der Waals surface area contributed by atoms with Crippen molar-refractivity contribution in [1.82, 2.24) is 9.97 Å². The lowest BCUT2D eigenvalue weighted by molar-refractivity contribution is 0.0525. The number of rotatable bonds is 5. The zero-order valence-electron chi connectivity index (χ0n) is 13.5. The van der Waals surface area contributed by atoms with Crippen molar-refractivity contribution >= 4 is 17.6 Å². The number of nitrogens with one attached hydrogen (secondary N) is 2. The largest absolute Gasteiger partial charge is 0.481 e. The molecule has 0 bridgehead atoms. The second-order valence-electron chi connectivity index (χ2n) is 4.89. The quantitative estimate of drug-likeness (QED) is 0.826. The Bertz CT molecular complexity index is 720. The minimum absolute atomic E-state index is 0.280. The highest BCUT2D eigenvalue weighted by Gasteiger charge is 2.22. The molecule has 2 rings (SSSR count). The number of H-pyrrole nitrogens is 1. The minimum atomic E-state index is -0.441. The molecule has 0 saturated carbocycles. The maximum atomic E-state index is 12.4. The van der Waals surface area contributed by atoms with Crippen molar-refractivity contribution in [3.8, 4) is 5.88 Å². The summed E-state index contributed by atoms with van der Waals surface area (Å²) in [4.78, 5) is 31.3. The Balaban J connectivity index is 2.22. The summed E-state index contributed by atoms with van der Waals surface area (Å²) in [6, 6.07) is 3.33. The van der Waals surface area contributed by atoms with E-state index in [0.29, 0.717) is 34.1 Å². The first-order valence-corrected chi connectivity index (χ1v) is 7.15. The first-order chi connectivity index (χ1) is 11.0. The second-order valence-corrected chi connectivity index (χ2v) is 4.89. The SMILES string of the molecule is CCOC(=O)c1c(C)[nH]c(C(=O)Nc2ccc(OC)nc2)c1C. The molecule has 7 heteroatoms. The third-order valence-corrected chi connectivity index (χ3v) is 3.35. The number of ether oxygens (including phenoxy) is 2. The molecule has 7 nitrogen and oxygen atoms in total. The van der Waals surface area contributed by atoms with Gasteiger partial charge in [0.15, 0.2) is 0 Å². The number of aromatic amines is 1. The number of nitrogens with zero attached hydrogens (tertiary/aromatic N) is 1. The van der Waals surface area contributed by atoms with Crippen LogP contribution in [-0.4, -0.2) is 35.6 Å². The van der Waals surface area contributed by atoms with E-state index in [1.54, 1.807) is 32.9 Å². The smallest absolute Gasteiger partial charge is 0.340 e. The molecular weight excluding hydrogens is 298 g/mol. The predicted molar refractivity (Wildman–Crippen MR) is 85.0 cm³/mol. The van der Waals surface area contributed by atoms with E-state index in [2.05, 4.69) is 15.3 Å². The number of carbonyl (C=O) groups is 2. The van der Waals surface area contributed by atoms with Crippen molar-refractivity contribution in [3.63, 3.8) is 0 Å². The van der Waals surface area contributed by atoms with Crippen LogP contribution in [0.25, 0.3) is 0 Å². The van der Waals surface area contributed by atoms with E-state index in [1.807, 2.05) is 0 Å². The Labute approximate surface area is 134 Å². The van der Waals surface area contributed by atoms with Gasteiger partial charge in [-0.25, -0.2) is 9.78 Å². The molecule has 0 aromatic carbocycles. The summed E-state index contributed by atoms with van der Waals surface area (Å²) in [6.45, 7) is 5.45. The van der Waals surface area contributed by atoms with E-state index in [1.165, 1.54) is 13.3 Å². The van der Waals surface area contributed by atoms with E-state index in [-0.39, 0.29) is 12.5 Å². The van der Waals surface area contributed by atoms with Gasteiger partial charge in [-0.05, 0) is 32.4 Å². The number of pyridine rings is 1. The van der Waals surface area contributed by atoms with Crippen LogP contribution in [0.3, 0.4) is 0 Å². The van der Waals surface area contributed by atoms with Crippen molar-refractivity contribution < 1.29 is 19.1 Å². The zero-order chi connectivity index (χ0) is 17.0. The number of aryl methyl sites for hydroxylation is 1. The Morgan fingerprint density at radius 2 is 2.04 bits per heavy atom. The van der Waals surface area contributed by atoms with Gasteiger partial charge in [-0.3, -0.25) is 4.79 Å². The maximum absolute atomic E-state index is 12.4. The molecule has 2 N–H and O–H groups in total. The molecule has 1 amide bonds. The van der Waals surface area contributed by atoms with Crippen LogP contribution < -0.4 is 10.1 Å². The van der Waals surface area contributed by atoms with Crippen LogP contribution in [0.1, 0.15) is 39.0 Å². The summed E-state index contributed by atoms with van der Waals surface area (Å²) in [6.07, 6.45) is 1.49. The van der Waals surface area contributed by atoms with Gasteiger partial charge in [0, 0.05) is 11.8 Å². The standard InChI is InChI=1S/C16H19N3O4/c1-5-23-16(21)13-9(2)14(18-10(13)3)15(20)19-11-6-7-12(22-4)17-8-11/h6-8,18H,5H2,1-4H3,(H,19,20). The number of amides is 1. The Morgan fingerprint density at radius 1 is 1.30 bits per heavy atom. The van der Waals surface area contributed by atoms with E-state index >= 15 is 0 Å². The highest BCUT2D eigenvalue weighted by atomic mass is 16.5. The number of esters is 1. The number of hydrogen-bond acceptors (Lipinski definition) is 5. The fourth-order valence-electron chi connectivity index (χ4n) is 2.26.